The summed E-state index contributed by atoms with van der Waals surface area (Å²) in [6.45, 7) is 16.6. The molecule has 0 atom stereocenters. The number of hydrogen-bond donors (Lipinski definition) is 0. The lowest BCUT2D eigenvalue weighted by Gasteiger charge is -2.09. The Kier molecular flexibility index (Phi) is 12.5. The molecule has 0 aliphatic carbocycles. The fraction of sp³-hybridized carbons (Fsp3) is 0.158. The first-order chi connectivity index (χ1) is 31.0. The Bertz CT molecular complexity index is 3480. The van der Waals surface area contributed by atoms with Crippen LogP contribution in [0.1, 0.15) is 52.2 Å². The third kappa shape index (κ3) is 8.76. The van der Waals surface area contributed by atoms with Gasteiger partial charge in [-0.3, -0.25) is 39.9 Å². The molecule has 0 spiro atoms. The zero-order valence-corrected chi connectivity index (χ0v) is 37.4. The molecule has 8 aromatic heterocycles. The second-order valence-corrected chi connectivity index (χ2v) is 16.5. The SMILES string of the molecule is C.Cc1c(C)c2cccnc2c2ncccc12.Cc1ccc2ccc3ccc(C)nc3c2n1.Cc1ccnc2c1ccc1c(C)ccnc12.Cc1cnc2c(ccc3cc(C)cnc32)c1. The van der Waals surface area contributed by atoms with Gasteiger partial charge in [0.05, 0.1) is 44.1 Å². The van der Waals surface area contributed by atoms with Crippen molar-refractivity contribution >= 4 is 87.2 Å². The van der Waals surface area contributed by atoms with Gasteiger partial charge < -0.3 is 0 Å². The molecule has 0 amide bonds. The summed E-state index contributed by atoms with van der Waals surface area (Å²) in [7, 11) is 0. The van der Waals surface area contributed by atoms with Crippen molar-refractivity contribution in [3.63, 3.8) is 0 Å². The Labute approximate surface area is 379 Å². The van der Waals surface area contributed by atoms with Gasteiger partial charge in [0.15, 0.2) is 0 Å². The van der Waals surface area contributed by atoms with E-state index in [4.69, 9.17) is 0 Å². The minimum Gasteiger partial charge on any atom is -0.254 e. The molecule has 8 heteroatoms. The van der Waals surface area contributed by atoms with Crippen molar-refractivity contribution in [1.82, 2.24) is 39.9 Å². The van der Waals surface area contributed by atoms with Gasteiger partial charge in [-0.2, -0.15) is 0 Å². The van der Waals surface area contributed by atoms with Gasteiger partial charge in [0.1, 0.15) is 0 Å². The summed E-state index contributed by atoms with van der Waals surface area (Å²) in [6, 6.07) is 37.5. The molecule has 0 bridgehead atoms. The molecule has 0 aliphatic heterocycles. The van der Waals surface area contributed by atoms with Gasteiger partial charge in [0.2, 0.25) is 0 Å². The average Bonchev–Trinajstić information content (AvgIpc) is 3.31. The number of nitrogens with zero attached hydrogens (tertiary/aromatic N) is 8. The van der Waals surface area contributed by atoms with Gasteiger partial charge in [0, 0.05) is 91.7 Å². The summed E-state index contributed by atoms with van der Waals surface area (Å²) < 4.78 is 0. The topological polar surface area (TPSA) is 103 Å². The summed E-state index contributed by atoms with van der Waals surface area (Å²) in [5.74, 6) is 0. The molecule has 0 radical (unpaired) electrons. The minimum atomic E-state index is 0. The second kappa shape index (κ2) is 18.5. The summed E-state index contributed by atoms with van der Waals surface area (Å²) in [6.07, 6.45) is 11.1. The summed E-state index contributed by atoms with van der Waals surface area (Å²) in [5.41, 5.74) is 17.5. The maximum absolute atomic E-state index is 4.58. The first kappa shape index (κ1) is 43.8. The van der Waals surface area contributed by atoms with Gasteiger partial charge in [-0.1, -0.05) is 68.1 Å². The molecule has 12 aromatic rings. The maximum atomic E-state index is 4.58. The lowest BCUT2D eigenvalue weighted by molar-refractivity contribution is 1.23. The van der Waals surface area contributed by atoms with Crippen LogP contribution in [0, 0.1) is 55.4 Å². The van der Waals surface area contributed by atoms with Gasteiger partial charge in [-0.05, 0) is 137 Å². The molecule has 0 fully saturated rings. The molecule has 65 heavy (non-hydrogen) atoms. The van der Waals surface area contributed by atoms with Crippen LogP contribution in [-0.4, -0.2) is 39.9 Å². The molecule has 0 unspecified atom stereocenters. The Morgan fingerprint density at radius 1 is 0.308 bits per heavy atom. The predicted octanol–water partition coefficient (Wildman–Crippen LogP) is 14.2. The van der Waals surface area contributed by atoms with E-state index < -0.39 is 0 Å². The third-order valence-electron chi connectivity index (χ3n) is 11.8. The van der Waals surface area contributed by atoms with E-state index in [9.17, 15) is 0 Å². The molecule has 0 N–H and O–H groups in total. The second-order valence-electron chi connectivity index (χ2n) is 16.5. The fourth-order valence-corrected chi connectivity index (χ4v) is 8.28. The van der Waals surface area contributed by atoms with Crippen LogP contribution in [0.3, 0.4) is 0 Å². The quantitative estimate of drug-likeness (QED) is 0.139. The van der Waals surface area contributed by atoms with E-state index in [0.717, 1.165) is 77.1 Å². The maximum Gasteiger partial charge on any atom is 0.0967 e. The zero-order chi connectivity index (χ0) is 44.5. The average molecular weight is 849 g/mol. The molecule has 8 heterocycles. The van der Waals surface area contributed by atoms with Crippen molar-refractivity contribution in [3.05, 3.63) is 191 Å². The Morgan fingerprint density at radius 3 is 1.11 bits per heavy atom. The van der Waals surface area contributed by atoms with E-state index in [-0.39, 0.29) is 7.43 Å². The smallest absolute Gasteiger partial charge is 0.0967 e. The van der Waals surface area contributed by atoms with E-state index in [0.29, 0.717) is 0 Å². The van der Waals surface area contributed by atoms with Crippen LogP contribution in [-0.2, 0) is 0 Å². The molecule has 0 saturated heterocycles. The summed E-state index contributed by atoms with van der Waals surface area (Å²) in [4.78, 5) is 35.9. The van der Waals surface area contributed by atoms with Crippen LogP contribution in [0.25, 0.3) is 87.2 Å². The van der Waals surface area contributed by atoms with Crippen LogP contribution < -0.4 is 0 Å². The highest BCUT2D eigenvalue weighted by atomic mass is 14.8. The van der Waals surface area contributed by atoms with Crippen LogP contribution in [0.15, 0.2) is 146 Å². The van der Waals surface area contributed by atoms with Crippen molar-refractivity contribution in [2.45, 2.75) is 62.8 Å². The largest absolute Gasteiger partial charge is 0.254 e. The molecule has 4 aromatic carbocycles. The van der Waals surface area contributed by atoms with Crippen LogP contribution in [0.5, 0.6) is 0 Å². The van der Waals surface area contributed by atoms with Gasteiger partial charge in [-0.15, -0.1) is 0 Å². The van der Waals surface area contributed by atoms with Crippen LogP contribution >= 0.6 is 0 Å². The number of aryl methyl sites for hydroxylation is 8. The van der Waals surface area contributed by atoms with Crippen molar-refractivity contribution in [2.24, 2.45) is 0 Å². The molecule has 12 rings (SSSR count). The lowest BCUT2D eigenvalue weighted by Crippen LogP contribution is -1.91. The number of hydrogen-bond acceptors (Lipinski definition) is 8. The highest BCUT2D eigenvalue weighted by molar-refractivity contribution is 6.07. The molecular weight excluding hydrogens is 797 g/mol. The monoisotopic (exact) mass is 848 g/mol. The van der Waals surface area contributed by atoms with Crippen LogP contribution in [0.4, 0.5) is 0 Å². The third-order valence-corrected chi connectivity index (χ3v) is 11.8. The van der Waals surface area contributed by atoms with Gasteiger partial charge in [0.25, 0.3) is 0 Å². The molecule has 0 saturated carbocycles. The van der Waals surface area contributed by atoms with Crippen molar-refractivity contribution in [2.75, 3.05) is 0 Å². The lowest BCUT2D eigenvalue weighted by atomic mass is 9.99. The minimum absolute atomic E-state index is 0. The summed E-state index contributed by atoms with van der Waals surface area (Å²) in [5, 5.41) is 9.39. The highest BCUT2D eigenvalue weighted by Gasteiger charge is 2.10. The van der Waals surface area contributed by atoms with E-state index in [1.165, 1.54) is 54.9 Å². The van der Waals surface area contributed by atoms with E-state index >= 15 is 0 Å². The number of benzene rings is 4. The van der Waals surface area contributed by atoms with Crippen LogP contribution in [0.2, 0.25) is 0 Å². The number of pyridine rings is 8. The standard InChI is InChI=1S/4C14H12N2.CH4/c1-9-3-5-11-7-8-12-6-4-10(2)16-14(12)13(11)15-9;1-9-10(2)12-6-4-8-16-14(12)13-11(9)5-3-7-15-13;1-9-5-11-3-4-12-6-10(2)8-16-14(12)13(11)15-7-9;1-9-5-7-15-13-11(9)3-4-12-10(2)6-8-16-14(12)13;/h4*3-8H,1-2H3;1H4. The van der Waals surface area contributed by atoms with Crippen molar-refractivity contribution in [1.29, 1.82) is 0 Å². The zero-order valence-electron chi connectivity index (χ0n) is 37.4. The Hall–Kier alpha value is -7.84. The van der Waals surface area contributed by atoms with Gasteiger partial charge in [-0.25, -0.2) is 0 Å². The Morgan fingerprint density at radius 2 is 0.677 bits per heavy atom. The first-order valence-corrected chi connectivity index (χ1v) is 21.5. The number of aromatic nitrogens is 8. The van der Waals surface area contributed by atoms with E-state index in [2.05, 4.69) is 154 Å². The molecular formula is C57H52N8. The molecule has 0 aliphatic rings. The number of rotatable bonds is 0. The molecule has 8 nitrogen and oxygen atoms in total. The normalized spacial score (nSPS) is 11.0. The number of fused-ring (bicyclic) bond motifs is 12. The molecule has 320 valence electrons. The fourth-order valence-electron chi connectivity index (χ4n) is 8.28. The van der Waals surface area contributed by atoms with Crippen molar-refractivity contribution < 1.29 is 0 Å². The van der Waals surface area contributed by atoms with E-state index in [1.807, 2.05) is 87.4 Å². The Balaban J connectivity index is 0.000000118. The first-order valence-electron chi connectivity index (χ1n) is 21.5. The van der Waals surface area contributed by atoms with Crippen molar-refractivity contribution in [3.8, 4) is 0 Å². The summed E-state index contributed by atoms with van der Waals surface area (Å²) >= 11 is 0. The van der Waals surface area contributed by atoms with E-state index in [1.54, 1.807) is 0 Å². The highest BCUT2D eigenvalue weighted by Crippen LogP contribution is 2.30. The predicted molar refractivity (Wildman–Crippen MR) is 273 cm³/mol. The van der Waals surface area contributed by atoms with Gasteiger partial charge >= 0.3 is 0 Å².